The van der Waals surface area contributed by atoms with Crippen molar-refractivity contribution < 1.29 is 0 Å². The van der Waals surface area contributed by atoms with Crippen LogP contribution in [0.2, 0.25) is 0 Å². The van der Waals surface area contributed by atoms with E-state index < -0.39 is 0 Å². The van der Waals surface area contributed by atoms with Crippen molar-refractivity contribution in [2.45, 2.75) is 53.0 Å². The predicted molar refractivity (Wildman–Crippen MR) is 89.8 cm³/mol. The minimum absolute atomic E-state index is 0.724. The van der Waals surface area contributed by atoms with Crippen molar-refractivity contribution in [3.63, 3.8) is 0 Å². The van der Waals surface area contributed by atoms with Crippen molar-refractivity contribution in [1.29, 1.82) is 0 Å². The molecule has 0 radical (unpaired) electrons. The Hall–Kier alpha value is -0.860. The SMILES string of the molecule is CCNCc1sc2cc3c(cc2c1CC(C)C)CCC3. The predicted octanol–water partition coefficient (Wildman–Crippen LogP) is 4.70. The number of benzene rings is 1. The van der Waals surface area contributed by atoms with Gasteiger partial charge in [-0.15, -0.1) is 11.3 Å². The lowest BCUT2D eigenvalue weighted by atomic mass is 9.97. The number of rotatable bonds is 5. The zero-order valence-electron chi connectivity index (χ0n) is 12.9. The highest BCUT2D eigenvalue weighted by atomic mass is 32.1. The third kappa shape index (κ3) is 2.64. The lowest BCUT2D eigenvalue weighted by Crippen LogP contribution is -2.12. The highest BCUT2D eigenvalue weighted by molar-refractivity contribution is 7.19. The zero-order valence-corrected chi connectivity index (χ0v) is 13.7. The molecule has 0 fully saturated rings. The summed E-state index contributed by atoms with van der Waals surface area (Å²) in [6, 6.07) is 4.98. The quantitative estimate of drug-likeness (QED) is 0.840. The molecule has 2 heteroatoms. The van der Waals surface area contributed by atoms with Gasteiger partial charge in [0.05, 0.1) is 0 Å². The summed E-state index contributed by atoms with van der Waals surface area (Å²) in [5.74, 6) is 0.724. The van der Waals surface area contributed by atoms with Gasteiger partial charge in [0.15, 0.2) is 0 Å². The highest BCUT2D eigenvalue weighted by Crippen LogP contribution is 2.37. The summed E-state index contributed by atoms with van der Waals surface area (Å²) in [5, 5.41) is 5.05. The molecular weight excluding hydrogens is 262 g/mol. The van der Waals surface area contributed by atoms with E-state index in [1.54, 1.807) is 21.6 Å². The first-order valence-electron chi connectivity index (χ1n) is 7.95. The summed E-state index contributed by atoms with van der Waals surface area (Å²) >= 11 is 2.01. The first-order valence-corrected chi connectivity index (χ1v) is 8.77. The van der Waals surface area contributed by atoms with Gasteiger partial charge in [-0.1, -0.05) is 20.8 Å². The molecule has 1 N–H and O–H groups in total. The summed E-state index contributed by atoms with van der Waals surface area (Å²) in [6.07, 6.45) is 5.12. The Kier molecular flexibility index (Phi) is 4.13. The van der Waals surface area contributed by atoms with E-state index in [0.717, 1.165) is 19.0 Å². The second kappa shape index (κ2) is 5.87. The topological polar surface area (TPSA) is 12.0 Å². The fourth-order valence-corrected chi connectivity index (χ4v) is 4.53. The minimum atomic E-state index is 0.724. The van der Waals surface area contributed by atoms with Gasteiger partial charge < -0.3 is 5.32 Å². The van der Waals surface area contributed by atoms with E-state index in [2.05, 4.69) is 38.2 Å². The van der Waals surface area contributed by atoms with Crippen LogP contribution >= 0.6 is 11.3 Å². The van der Waals surface area contributed by atoms with Crippen molar-refractivity contribution >= 4 is 21.4 Å². The Morgan fingerprint density at radius 2 is 1.95 bits per heavy atom. The Morgan fingerprint density at radius 3 is 2.65 bits per heavy atom. The van der Waals surface area contributed by atoms with E-state index in [-0.39, 0.29) is 0 Å². The third-order valence-corrected chi connectivity index (χ3v) is 5.43. The molecule has 0 saturated heterocycles. The molecule has 1 aromatic heterocycles. The number of aryl methyl sites for hydroxylation is 2. The molecule has 20 heavy (non-hydrogen) atoms. The van der Waals surface area contributed by atoms with E-state index >= 15 is 0 Å². The Labute approximate surface area is 126 Å². The van der Waals surface area contributed by atoms with Crippen LogP contribution in [-0.2, 0) is 25.8 Å². The van der Waals surface area contributed by atoms with Crippen LogP contribution in [-0.4, -0.2) is 6.54 Å². The lowest BCUT2D eigenvalue weighted by molar-refractivity contribution is 0.641. The molecule has 108 valence electrons. The van der Waals surface area contributed by atoms with Crippen LogP contribution in [0.4, 0.5) is 0 Å². The molecular formula is C18H25NS. The van der Waals surface area contributed by atoms with Crippen LogP contribution < -0.4 is 5.32 Å². The molecule has 1 aliphatic rings. The highest BCUT2D eigenvalue weighted by Gasteiger charge is 2.18. The Balaban J connectivity index is 2.08. The largest absolute Gasteiger partial charge is 0.312 e. The van der Waals surface area contributed by atoms with E-state index in [1.807, 2.05) is 11.3 Å². The van der Waals surface area contributed by atoms with Crippen LogP contribution in [0.15, 0.2) is 12.1 Å². The number of hydrogen-bond donors (Lipinski definition) is 1. The maximum absolute atomic E-state index is 3.51. The van der Waals surface area contributed by atoms with Crippen LogP contribution in [0, 0.1) is 5.92 Å². The second-order valence-electron chi connectivity index (χ2n) is 6.35. The van der Waals surface area contributed by atoms with Gasteiger partial charge in [-0.2, -0.15) is 0 Å². The Morgan fingerprint density at radius 1 is 1.20 bits per heavy atom. The van der Waals surface area contributed by atoms with Crippen molar-refractivity contribution in [3.05, 3.63) is 33.7 Å². The van der Waals surface area contributed by atoms with Gasteiger partial charge in [0.1, 0.15) is 0 Å². The smallest absolute Gasteiger partial charge is 0.0351 e. The van der Waals surface area contributed by atoms with Crippen LogP contribution in [0.25, 0.3) is 10.1 Å². The maximum atomic E-state index is 3.51. The Bertz CT molecular complexity index is 609. The first-order chi connectivity index (χ1) is 9.69. The maximum Gasteiger partial charge on any atom is 0.0351 e. The van der Waals surface area contributed by atoms with Crippen LogP contribution in [0.3, 0.4) is 0 Å². The van der Waals surface area contributed by atoms with E-state index in [4.69, 9.17) is 0 Å². The molecule has 1 nitrogen and oxygen atoms in total. The van der Waals surface area contributed by atoms with Crippen molar-refractivity contribution in [3.8, 4) is 0 Å². The monoisotopic (exact) mass is 287 g/mol. The minimum Gasteiger partial charge on any atom is -0.312 e. The molecule has 0 amide bonds. The molecule has 0 spiro atoms. The molecule has 3 rings (SSSR count). The van der Waals surface area contributed by atoms with Crippen LogP contribution in [0.5, 0.6) is 0 Å². The molecule has 0 bridgehead atoms. The average Bonchev–Trinajstić information content (AvgIpc) is 2.98. The summed E-state index contributed by atoms with van der Waals surface area (Å²) < 4.78 is 1.51. The molecule has 1 aliphatic carbocycles. The van der Waals surface area contributed by atoms with Crippen molar-refractivity contribution in [2.75, 3.05) is 6.54 Å². The van der Waals surface area contributed by atoms with Gasteiger partial charge >= 0.3 is 0 Å². The van der Waals surface area contributed by atoms with Gasteiger partial charge in [-0.05, 0) is 72.4 Å². The van der Waals surface area contributed by atoms with Crippen molar-refractivity contribution in [1.82, 2.24) is 5.32 Å². The lowest BCUT2D eigenvalue weighted by Gasteiger charge is -2.08. The summed E-state index contributed by atoms with van der Waals surface area (Å²) in [6.45, 7) is 8.92. The molecule has 0 aliphatic heterocycles. The summed E-state index contributed by atoms with van der Waals surface area (Å²) in [7, 11) is 0. The van der Waals surface area contributed by atoms with E-state index in [9.17, 15) is 0 Å². The first kappa shape index (κ1) is 14.1. The van der Waals surface area contributed by atoms with Crippen LogP contribution in [0.1, 0.15) is 48.8 Å². The molecule has 0 unspecified atom stereocenters. The van der Waals surface area contributed by atoms with Crippen molar-refractivity contribution in [2.24, 2.45) is 5.92 Å². The standard InChI is InChI=1S/C18H25NS/c1-4-19-11-18-15(8-12(2)3)16-9-13-6-5-7-14(13)10-17(16)20-18/h9-10,12,19H,4-8,11H2,1-3H3. The third-order valence-electron chi connectivity index (χ3n) is 4.24. The summed E-state index contributed by atoms with van der Waals surface area (Å²) in [5.41, 5.74) is 4.82. The molecule has 2 aromatic rings. The normalized spacial score (nSPS) is 14.4. The average molecular weight is 287 g/mol. The molecule has 0 saturated carbocycles. The van der Waals surface area contributed by atoms with Gasteiger partial charge in [0.2, 0.25) is 0 Å². The fourth-order valence-electron chi connectivity index (χ4n) is 3.28. The zero-order chi connectivity index (χ0) is 14.1. The second-order valence-corrected chi connectivity index (χ2v) is 7.49. The van der Waals surface area contributed by atoms with E-state index in [1.165, 1.54) is 35.8 Å². The number of thiophene rings is 1. The number of hydrogen-bond acceptors (Lipinski definition) is 2. The molecule has 1 aromatic carbocycles. The molecule has 1 heterocycles. The summed E-state index contributed by atoms with van der Waals surface area (Å²) in [4.78, 5) is 1.55. The van der Waals surface area contributed by atoms with Gasteiger partial charge in [0.25, 0.3) is 0 Å². The molecule has 0 atom stereocenters. The van der Waals surface area contributed by atoms with Gasteiger partial charge in [0, 0.05) is 16.1 Å². The number of nitrogens with one attached hydrogen (secondary N) is 1. The van der Waals surface area contributed by atoms with E-state index in [0.29, 0.717) is 0 Å². The number of fused-ring (bicyclic) bond motifs is 2. The van der Waals surface area contributed by atoms with Gasteiger partial charge in [-0.3, -0.25) is 0 Å². The fraction of sp³-hybridized carbons (Fsp3) is 0.556. The van der Waals surface area contributed by atoms with Gasteiger partial charge in [-0.25, -0.2) is 0 Å².